The van der Waals surface area contributed by atoms with Crippen LogP contribution in [0.15, 0.2) is 12.1 Å². The lowest BCUT2D eigenvalue weighted by atomic mass is 10.2. The van der Waals surface area contributed by atoms with Crippen LogP contribution in [0.3, 0.4) is 0 Å². The van der Waals surface area contributed by atoms with Gasteiger partial charge in [0, 0.05) is 11.1 Å². The van der Waals surface area contributed by atoms with Gasteiger partial charge in [-0.25, -0.2) is 4.98 Å². The summed E-state index contributed by atoms with van der Waals surface area (Å²) >= 11 is 5.52. The molecule has 0 aliphatic carbocycles. The Labute approximate surface area is 128 Å². The van der Waals surface area contributed by atoms with E-state index in [1.807, 2.05) is 0 Å². The maximum atomic E-state index is 12.6. The molecule has 2 heterocycles. The molecule has 0 radical (unpaired) electrons. The molecule has 2 aromatic heterocycles. The van der Waals surface area contributed by atoms with Gasteiger partial charge in [-0.15, -0.1) is 0 Å². The van der Waals surface area contributed by atoms with E-state index in [4.69, 9.17) is 11.6 Å². The summed E-state index contributed by atoms with van der Waals surface area (Å²) in [7, 11) is 0. The first-order chi connectivity index (χ1) is 10.1. The molecule has 0 saturated heterocycles. The van der Waals surface area contributed by atoms with Crippen LogP contribution in [0.2, 0.25) is 5.15 Å². The van der Waals surface area contributed by atoms with Gasteiger partial charge in [-0.05, 0) is 26.0 Å². The van der Waals surface area contributed by atoms with Crippen LogP contribution in [-0.4, -0.2) is 19.9 Å². The van der Waals surface area contributed by atoms with Crippen LogP contribution in [0.4, 0.5) is 13.2 Å². The van der Waals surface area contributed by atoms with E-state index in [1.54, 1.807) is 13.8 Å². The lowest BCUT2D eigenvalue weighted by Gasteiger charge is -2.12. The first-order valence-electron chi connectivity index (χ1n) is 6.19. The zero-order chi connectivity index (χ0) is 16.7. The Bertz CT molecular complexity index is 688. The molecule has 0 unspecified atom stereocenters. The normalized spacial score (nSPS) is 11.7. The number of hydrogen-bond acceptors (Lipinski definition) is 4. The highest BCUT2D eigenvalue weighted by molar-refractivity contribution is 6.30. The Morgan fingerprint density at radius 2 is 1.73 bits per heavy atom. The molecule has 0 bridgehead atoms. The number of aromatic nitrogens is 2. The van der Waals surface area contributed by atoms with Crippen molar-refractivity contribution >= 4 is 11.6 Å². The van der Waals surface area contributed by atoms with Crippen molar-refractivity contribution in [3.05, 3.63) is 39.7 Å². The van der Waals surface area contributed by atoms with E-state index in [2.05, 4.69) is 10.4 Å². The SMILES string of the molecule is Cc1c(C)c(O)n(NCc2ccc(C(F)(F)F)c(Cl)n2)c1O. The van der Waals surface area contributed by atoms with Crippen LogP contribution >= 0.6 is 11.6 Å². The average molecular weight is 336 g/mol. The van der Waals surface area contributed by atoms with Gasteiger partial charge < -0.3 is 15.6 Å². The summed E-state index contributed by atoms with van der Waals surface area (Å²) in [5, 5.41) is 19.0. The van der Waals surface area contributed by atoms with E-state index in [0.717, 1.165) is 10.7 Å². The summed E-state index contributed by atoms with van der Waals surface area (Å²) in [6.45, 7) is 3.21. The van der Waals surface area contributed by atoms with Gasteiger partial charge in [-0.2, -0.15) is 17.8 Å². The molecule has 3 N–H and O–H groups in total. The Kier molecular flexibility index (Phi) is 4.15. The van der Waals surface area contributed by atoms with Gasteiger partial charge in [0.15, 0.2) is 0 Å². The fourth-order valence-corrected chi connectivity index (χ4v) is 2.14. The van der Waals surface area contributed by atoms with Crippen LogP contribution < -0.4 is 5.43 Å². The molecule has 0 saturated carbocycles. The number of rotatable bonds is 3. The molecule has 5 nitrogen and oxygen atoms in total. The number of alkyl halides is 3. The Morgan fingerprint density at radius 1 is 1.18 bits per heavy atom. The second kappa shape index (κ2) is 5.60. The third-order valence-corrected chi connectivity index (χ3v) is 3.58. The number of hydrogen-bond donors (Lipinski definition) is 3. The topological polar surface area (TPSA) is 70.3 Å². The first-order valence-corrected chi connectivity index (χ1v) is 6.57. The third kappa shape index (κ3) is 2.92. The Balaban J connectivity index is 2.20. The summed E-state index contributed by atoms with van der Waals surface area (Å²) < 4.78 is 38.7. The zero-order valence-electron chi connectivity index (χ0n) is 11.7. The van der Waals surface area contributed by atoms with E-state index < -0.39 is 16.9 Å². The molecular weight excluding hydrogens is 323 g/mol. The van der Waals surface area contributed by atoms with Crippen molar-refractivity contribution in [2.24, 2.45) is 0 Å². The van der Waals surface area contributed by atoms with Gasteiger partial charge >= 0.3 is 6.18 Å². The minimum atomic E-state index is -4.57. The van der Waals surface area contributed by atoms with Crippen molar-refractivity contribution in [1.82, 2.24) is 9.66 Å². The molecule has 0 aromatic carbocycles. The van der Waals surface area contributed by atoms with E-state index in [1.165, 1.54) is 6.07 Å². The lowest BCUT2D eigenvalue weighted by Crippen LogP contribution is -2.15. The molecule has 0 amide bonds. The van der Waals surface area contributed by atoms with Gasteiger partial charge in [0.1, 0.15) is 5.15 Å². The molecule has 0 fully saturated rings. The quantitative estimate of drug-likeness (QED) is 0.752. The van der Waals surface area contributed by atoms with Crippen LogP contribution in [-0.2, 0) is 12.7 Å². The molecule has 0 aliphatic heterocycles. The molecule has 2 rings (SSSR count). The smallest absolute Gasteiger partial charge is 0.419 e. The molecule has 120 valence electrons. The Hall–Kier alpha value is -2.09. The predicted octanol–water partition coefficient (Wildman–Crippen LogP) is 3.33. The van der Waals surface area contributed by atoms with Crippen molar-refractivity contribution in [3.63, 3.8) is 0 Å². The molecule has 0 atom stereocenters. The largest absolute Gasteiger partial charge is 0.493 e. The predicted molar refractivity (Wildman–Crippen MR) is 74.5 cm³/mol. The van der Waals surface area contributed by atoms with Crippen LogP contribution in [0.5, 0.6) is 11.8 Å². The minimum Gasteiger partial charge on any atom is -0.493 e. The lowest BCUT2D eigenvalue weighted by molar-refractivity contribution is -0.137. The van der Waals surface area contributed by atoms with Crippen molar-refractivity contribution in [2.75, 3.05) is 5.43 Å². The van der Waals surface area contributed by atoms with Gasteiger partial charge in [0.05, 0.1) is 17.8 Å². The van der Waals surface area contributed by atoms with Crippen LogP contribution in [0.1, 0.15) is 22.4 Å². The molecular formula is C13H13ClF3N3O2. The summed E-state index contributed by atoms with van der Waals surface area (Å²) in [4.78, 5) is 3.65. The summed E-state index contributed by atoms with van der Waals surface area (Å²) in [5.74, 6) is -0.374. The highest BCUT2D eigenvalue weighted by atomic mass is 35.5. The van der Waals surface area contributed by atoms with Crippen molar-refractivity contribution in [2.45, 2.75) is 26.6 Å². The molecule has 0 aliphatic rings. The van der Waals surface area contributed by atoms with Crippen molar-refractivity contribution in [3.8, 4) is 11.8 Å². The fourth-order valence-electron chi connectivity index (χ4n) is 1.86. The van der Waals surface area contributed by atoms with E-state index in [9.17, 15) is 23.4 Å². The van der Waals surface area contributed by atoms with Crippen molar-refractivity contribution < 1.29 is 23.4 Å². The number of halogens is 4. The van der Waals surface area contributed by atoms with Gasteiger partial charge in [0.2, 0.25) is 11.8 Å². The molecule has 2 aromatic rings. The zero-order valence-corrected chi connectivity index (χ0v) is 12.4. The highest BCUT2D eigenvalue weighted by Crippen LogP contribution is 2.34. The number of nitrogens with one attached hydrogen (secondary N) is 1. The second-order valence-electron chi connectivity index (χ2n) is 4.71. The fraction of sp³-hybridized carbons (Fsp3) is 0.308. The summed E-state index contributed by atoms with van der Waals surface area (Å²) in [5.41, 5.74) is 2.84. The van der Waals surface area contributed by atoms with E-state index in [-0.39, 0.29) is 24.0 Å². The van der Waals surface area contributed by atoms with Gasteiger partial charge in [0.25, 0.3) is 0 Å². The van der Waals surface area contributed by atoms with Gasteiger partial charge in [-0.3, -0.25) is 0 Å². The summed E-state index contributed by atoms with van der Waals surface area (Å²) in [6.07, 6.45) is -4.57. The second-order valence-corrected chi connectivity index (χ2v) is 5.06. The maximum absolute atomic E-state index is 12.6. The standard InChI is InChI=1S/C13H13ClF3N3O2/c1-6-7(2)12(22)20(11(6)21)18-5-8-3-4-9(10(14)19-8)13(15,16)17/h3-4,18,21-22H,5H2,1-2H3. The highest BCUT2D eigenvalue weighted by Gasteiger charge is 2.33. The van der Waals surface area contributed by atoms with Crippen LogP contribution in [0, 0.1) is 13.8 Å². The monoisotopic (exact) mass is 335 g/mol. The molecule has 0 spiro atoms. The van der Waals surface area contributed by atoms with E-state index >= 15 is 0 Å². The average Bonchev–Trinajstić information content (AvgIpc) is 2.60. The van der Waals surface area contributed by atoms with Gasteiger partial charge in [-0.1, -0.05) is 11.6 Å². The third-order valence-electron chi connectivity index (χ3n) is 3.29. The number of nitrogens with zero attached hydrogens (tertiary/aromatic N) is 2. The molecule has 9 heteroatoms. The Morgan fingerprint density at radius 3 is 2.18 bits per heavy atom. The number of aromatic hydroxyl groups is 2. The maximum Gasteiger partial charge on any atom is 0.419 e. The van der Waals surface area contributed by atoms with Crippen LogP contribution in [0.25, 0.3) is 0 Å². The van der Waals surface area contributed by atoms with Crippen molar-refractivity contribution in [1.29, 1.82) is 0 Å². The minimum absolute atomic E-state index is 0.0352. The first kappa shape index (κ1) is 16.3. The summed E-state index contributed by atoms with van der Waals surface area (Å²) in [6, 6.07) is 2.00. The van der Waals surface area contributed by atoms with E-state index in [0.29, 0.717) is 11.1 Å². The number of pyridine rings is 1. The molecule has 22 heavy (non-hydrogen) atoms.